The van der Waals surface area contributed by atoms with Crippen LogP contribution in [0.5, 0.6) is 0 Å². The number of rotatable bonds is 6. The van der Waals surface area contributed by atoms with E-state index in [2.05, 4.69) is 10.6 Å². The lowest BCUT2D eigenvalue weighted by molar-refractivity contribution is -0.384. The first-order chi connectivity index (χ1) is 9.52. The largest absolute Gasteiger partial charge is 0.391 e. The molecule has 0 bridgehead atoms. The Balaban J connectivity index is 2.14. The lowest BCUT2D eigenvalue weighted by atomic mass is 10.1. The van der Waals surface area contributed by atoms with Gasteiger partial charge in [-0.1, -0.05) is 0 Å². The average Bonchev–Trinajstić information content (AvgIpc) is 3.28. The number of carbonyl (C=O) groups excluding carboxylic acids is 1. The van der Waals surface area contributed by atoms with Crippen LogP contribution in [0.3, 0.4) is 0 Å². The predicted molar refractivity (Wildman–Crippen MR) is 73.7 cm³/mol. The van der Waals surface area contributed by atoms with Crippen molar-refractivity contribution in [3.8, 4) is 0 Å². The van der Waals surface area contributed by atoms with Gasteiger partial charge < -0.3 is 15.7 Å². The van der Waals surface area contributed by atoms with Crippen LogP contribution < -0.4 is 10.6 Å². The summed E-state index contributed by atoms with van der Waals surface area (Å²) in [4.78, 5) is 22.0. The SMILES string of the molecule is CNC(=O)c1ccc(NCC(O)C2CC2)c([N+](=O)[O-])c1. The van der Waals surface area contributed by atoms with Crippen LogP contribution in [0, 0.1) is 16.0 Å². The maximum absolute atomic E-state index is 11.5. The number of nitro groups is 1. The van der Waals surface area contributed by atoms with Gasteiger partial charge in [0.25, 0.3) is 11.6 Å². The molecule has 1 amide bonds. The Kier molecular flexibility index (Phi) is 4.19. The molecule has 7 heteroatoms. The molecule has 0 heterocycles. The molecule has 1 atom stereocenters. The molecular weight excluding hydrogens is 262 g/mol. The molecule has 3 N–H and O–H groups in total. The quantitative estimate of drug-likeness (QED) is 0.535. The van der Waals surface area contributed by atoms with Crippen molar-refractivity contribution in [1.82, 2.24) is 5.32 Å². The van der Waals surface area contributed by atoms with Crippen LogP contribution in [0.25, 0.3) is 0 Å². The van der Waals surface area contributed by atoms with Gasteiger partial charge in [-0.15, -0.1) is 0 Å². The third-order valence-electron chi connectivity index (χ3n) is 3.35. The number of nitrogens with zero attached hydrogens (tertiary/aromatic N) is 1. The summed E-state index contributed by atoms with van der Waals surface area (Å²) < 4.78 is 0. The van der Waals surface area contributed by atoms with Gasteiger partial charge in [0, 0.05) is 25.2 Å². The number of hydrogen-bond donors (Lipinski definition) is 3. The summed E-state index contributed by atoms with van der Waals surface area (Å²) in [5, 5.41) is 26.1. The second-order valence-electron chi connectivity index (χ2n) is 4.85. The minimum atomic E-state index is -0.543. The molecule has 7 nitrogen and oxygen atoms in total. The van der Waals surface area contributed by atoms with Crippen molar-refractivity contribution in [3.05, 3.63) is 33.9 Å². The first-order valence-electron chi connectivity index (χ1n) is 6.45. The third-order valence-corrected chi connectivity index (χ3v) is 3.35. The first kappa shape index (κ1) is 14.3. The van der Waals surface area contributed by atoms with Gasteiger partial charge in [0.05, 0.1) is 11.0 Å². The smallest absolute Gasteiger partial charge is 0.293 e. The van der Waals surface area contributed by atoms with Crippen LogP contribution in [0.1, 0.15) is 23.2 Å². The van der Waals surface area contributed by atoms with Gasteiger partial charge in [0.15, 0.2) is 0 Å². The fourth-order valence-electron chi connectivity index (χ4n) is 1.98. The lowest BCUT2D eigenvalue weighted by Crippen LogP contribution is -2.22. The summed E-state index contributed by atoms with van der Waals surface area (Å²) >= 11 is 0. The van der Waals surface area contributed by atoms with E-state index in [1.165, 1.54) is 25.2 Å². The second-order valence-corrected chi connectivity index (χ2v) is 4.85. The van der Waals surface area contributed by atoms with Crippen molar-refractivity contribution < 1.29 is 14.8 Å². The van der Waals surface area contributed by atoms with Gasteiger partial charge in [0.2, 0.25) is 0 Å². The molecule has 1 saturated carbocycles. The van der Waals surface area contributed by atoms with E-state index in [0.29, 0.717) is 11.6 Å². The van der Waals surface area contributed by atoms with E-state index in [1.54, 1.807) is 0 Å². The molecule has 1 fully saturated rings. The van der Waals surface area contributed by atoms with Crippen molar-refractivity contribution >= 4 is 17.3 Å². The predicted octanol–water partition coefficient (Wildman–Crippen LogP) is 1.14. The van der Waals surface area contributed by atoms with Crippen LogP contribution in [0.4, 0.5) is 11.4 Å². The minimum Gasteiger partial charge on any atom is -0.391 e. The number of amides is 1. The zero-order chi connectivity index (χ0) is 14.7. The van der Waals surface area contributed by atoms with Gasteiger partial charge in [0.1, 0.15) is 5.69 Å². The normalized spacial score (nSPS) is 15.5. The molecular formula is C13H17N3O4. The molecule has 108 valence electrons. The summed E-state index contributed by atoms with van der Waals surface area (Å²) in [7, 11) is 1.46. The third kappa shape index (κ3) is 3.24. The van der Waals surface area contributed by atoms with Crippen LogP contribution in [-0.4, -0.2) is 35.6 Å². The van der Waals surface area contributed by atoms with Crippen LogP contribution in [0.2, 0.25) is 0 Å². The molecule has 1 aromatic carbocycles. The number of nitrogens with one attached hydrogen (secondary N) is 2. The summed E-state index contributed by atoms with van der Waals surface area (Å²) in [6, 6.07) is 4.23. The van der Waals surface area contributed by atoms with E-state index in [4.69, 9.17) is 0 Å². The second kappa shape index (κ2) is 5.87. The number of hydrogen-bond acceptors (Lipinski definition) is 5. The van der Waals surface area contributed by atoms with E-state index in [1.807, 2.05) is 0 Å². The highest BCUT2D eigenvalue weighted by molar-refractivity contribution is 5.95. The summed E-state index contributed by atoms with van der Waals surface area (Å²) in [5.41, 5.74) is 0.365. The van der Waals surface area contributed by atoms with E-state index in [-0.39, 0.29) is 23.7 Å². The molecule has 0 aliphatic heterocycles. The number of aliphatic hydroxyl groups is 1. The molecule has 0 aromatic heterocycles. The minimum absolute atomic E-state index is 0.172. The monoisotopic (exact) mass is 279 g/mol. The molecule has 1 unspecified atom stereocenters. The Labute approximate surface area is 116 Å². The van der Waals surface area contributed by atoms with Crippen molar-refractivity contribution in [2.24, 2.45) is 5.92 Å². The highest BCUT2D eigenvalue weighted by Gasteiger charge is 2.29. The van der Waals surface area contributed by atoms with Gasteiger partial charge in [-0.25, -0.2) is 0 Å². The Morgan fingerprint density at radius 2 is 2.25 bits per heavy atom. The molecule has 20 heavy (non-hydrogen) atoms. The van der Waals surface area contributed by atoms with Gasteiger partial charge in [-0.3, -0.25) is 14.9 Å². The molecule has 1 aliphatic rings. The van der Waals surface area contributed by atoms with Crippen LogP contribution in [-0.2, 0) is 0 Å². The fraction of sp³-hybridized carbons (Fsp3) is 0.462. The van der Waals surface area contributed by atoms with E-state index >= 15 is 0 Å². The maximum atomic E-state index is 11.5. The highest BCUT2D eigenvalue weighted by Crippen LogP contribution is 2.33. The number of nitro benzene ring substituents is 1. The fourth-order valence-corrected chi connectivity index (χ4v) is 1.98. The van der Waals surface area contributed by atoms with Crippen molar-refractivity contribution in [2.45, 2.75) is 18.9 Å². The Morgan fingerprint density at radius 3 is 2.80 bits per heavy atom. The molecule has 0 saturated heterocycles. The summed E-state index contributed by atoms with van der Waals surface area (Å²) in [6.07, 6.45) is 1.51. The highest BCUT2D eigenvalue weighted by atomic mass is 16.6. The summed E-state index contributed by atoms with van der Waals surface area (Å²) in [6.45, 7) is 0.269. The van der Waals surface area contributed by atoms with E-state index in [0.717, 1.165) is 12.8 Å². The Bertz CT molecular complexity index is 528. The first-order valence-corrected chi connectivity index (χ1v) is 6.45. The number of anilines is 1. The van der Waals surface area contributed by atoms with Crippen molar-refractivity contribution in [2.75, 3.05) is 18.9 Å². The van der Waals surface area contributed by atoms with E-state index < -0.39 is 11.0 Å². The van der Waals surface area contributed by atoms with Crippen molar-refractivity contribution in [3.63, 3.8) is 0 Å². The molecule has 1 aliphatic carbocycles. The standard InChI is InChI=1S/C13H17N3O4/c1-14-13(18)9-4-5-10(11(6-9)16(19)20)15-7-12(17)8-2-3-8/h4-6,8,12,15,17H,2-3,7H2,1H3,(H,14,18). The van der Waals surface area contributed by atoms with Crippen LogP contribution in [0.15, 0.2) is 18.2 Å². The topological polar surface area (TPSA) is 104 Å². The molecule has 2 rings (SSSR count). The van der Waals surface area contributed by atoms with Gasteiger partial charge in [-0.05, 0) is 30.9 Å². The Hall–Kier alpha value is -2.15. The number of carbonyl (C=O) groups is 1. The Morgan fingerprint density at radius 1 is 1.55 bits per heavy atom. The van der Waals surface area contributed by atoms with Gasteiger partial charge >= 0.3 is 0 Å². The number of aliphatic hydroxyl groups excluding tert-OH is 1. The molecule has 1 aromatic rings. The summed E-state index contributed by atoms with van der Waals surface area (Å²) in [5.74, 6) is -0.0793. The average molecular weight is 279 g/mol. The lowest BCUT2D eigenvalue weighted by Gasteiger charge is -2.12. The van der Waals surface area contributed by atoms with Crippen molar-refractivity contribution in [1.29, 1.82) is 0 Å². The number of benzene rings is 1. The van der Waals surface area contributed by atoms with Crippen LogP contribution >= 0.6 is 0 Å². The maximum Gasteiger partial charge on any atom is 0.293 e. The van der Waals surface area contributed by atoms with Gasteiger partial charge in [-0.2, -0.15) is 0 Å². The molecule has 0 radical (unpaired) electrons. The zero-order valence-electron chi connectivity index (χ0n) is 11.1. The van der Waals surface area contributed by atoms with E-state index in [9.17, 15) is 20.0 Å². The zero-order valence-corrected chi connectivity index (χ0v) is 11.1. The molecule has 0 spiro atoms.